The van der Waals surface area contributed by atoms with Crippen LogP contribution in [-0.4, -0.2) is 0 Å². The minimum atomic E-state index is -0.00688. The van der Waals surface area contributed by atoms with Gasteiger partial charge in [-0.15, -0.1) is 11.3 Å². The summed E-state index contributed by atoms with van der Waals surface area (Å²) < 4.78 is 2.72. The Morgan fingerprint density at radius 1 is 0.346 bits per heavy atom. The molecule has 0 saturated heterocycles. The van der Waals surface area contributed by atoms with E-state index in [2.05, 4.69) is 184 Å². The number of rotatable bonds is 3. The molecule has 0 N–H and O–H groups in total. The average Bonchev–Trinajstić information content (AvgIpc) is 3.65. The van der Waals surface area contributed by atoms with E-state index in [1.807, 2.05) is 11.3 Å². The fraction of sp³-hybridized carbons (Fsp3) is 0.0588. The molecular formula is C51H34S. The largest absolute Gasteiger partial charge is 0.135 e. The minimum Gasteiger partial charge on any atom is -0.135 e. The van der Waals surface area contributed by atoms with Gasteiger partial charge in [-0.1, -0.05) is 153 Å². The standard InChI is InChI=1S/C51H34S/c1-51(2)45-19-11-10-14-37(45)42-30-48-44(29-46(42)51)43-27-36-26-34(24-25-35(36)28-47(43)52-48)31-20-22-33(23-21-31)50-40-17-8-6-15-38(40)49(32-12-4-3-5-13-32)39-16-7-9-18-41(39)50/h3-30H,1-2H3. The molecule has 1 heteroatoms. The van der Waals surface area contributed by atoms with Crippen LogP contribution in [0.15, 0.2) is 170 Å². The molecular weight excluding hydrogens is 645 g/mol. The van der Waals surface area contributed by atoms with Crippen LogP contribution in [-0.2, 0) is 5.41 Å². The van der Waals surface area contributed by atoms with Crippen LogP contribution in [0, 0.1) is 0 Å². The molecule has 0 fully saturated rings. The SMILES string of the molecule is CC1(C)c2ccccc2-c2cc3sc4cc5ccc(-c6ccc(-c7c8ccccc8c(-c8ccccc8)c8ccccc78)cc6)cc5cc4c3cc21. The molecule has 1 heterocycles. The molecule has 52 heavy (non-hydrogen) atoms. The third kappa shape index (κ3) is 4.27. The highest BCUT2D eigenvalue weighted by Gasteiger charge is 2.35. The van der Waals surface area contributed by atoms with Gasteiger partial charge in [0.05, 0.1) is 0 Å². The molecule has 1 aliphatic carbocycles. The van der Waals surface area contributed by atoms with Crippen molar-refractivity contribution in [2.75, 3.05) is 0 Å². The van der Waals surface area contributed by atoms with Gasteiger partial charge in [-0.2, -0.15) is 0 Å². The predicted octanol–water partition coefficient (Wildman–Crippen LogP) is 14.8. The van der Waals surface area contributed by atoms with Crippen LogP contribution in [0.3, 0.4) is 0 Å². The van der Waals surface area contributed by atoms with Gasteiger partial charge in [0.1, 0.15) is 0 Å². The molecule has 11 rings (SSSR count). The summed E-state index contributed by atoms with van der Waals surface area (Å²) in [5.41, 5.74) is 13.2. The Morgan fingerprint density at radius 2 is 0.885 bits per heavy atom. The predicted molar refractivity (Wildman–Crippen MR) is 226 cm³/mol. The summed E-state index contributed by atoms with van der Waals surface area (Å²) in [7, 11) is 0. The van der Waals surface area contributed by atoms with E-state index in [4.69, 9.17) is 0 Å². The summed E-state index contributed by atoms with van der Waals surface area (Å²) >= 11 is 1.92. The number of hydrogen-bond donors (Lipinski definition) is 0. The number of fused-ring (bicyclic) bond motifs is 9. The van der Waals surface area contributed by atoms with Crippen LogP contribution in [0.5, 0.6) is 0 Å². The first-order valence-electron chi connectivity index (χ1n) is 18.2. The first kappa shape index (κ1) is 29.7. The van der Waals surface area contributed by atoms with Crippen molar-refractivity contribution in [2.45, 2.75) is 19.3 Å². The molecule has 0 aliphatic heterocycles. The molecule has 10 aromatic rings. The van der Waals surface area contributed by atoms with E-state index >= 15 is 0 Å². The lowest BCUT2D eigenvalue weighted by Gasteiger charge is -2.21. The van der Waals surface area contributed by atoms with E-state index in [9.17, 15) is 0 Å². The Labute approximate surface area is 307 Å². The van der Waals surface area contributed by atoms with Gasteiger partial charge in [-0.3, -0.25) is 0 Å². The van der Waals surface area contributed by atoms with E-state index in [1.54, 1.807) is 0 Å². The first-order valence-corrected chi connectivity index (χ1v) is 19.0. The van der Waals surface area contributed by atoms with Crippen LogP contribution < -0.4 is 0 Å². The molecule has 0 amide bonds. The molecule has 0 spiro atoms. The van der Waals surface area contributed by atoms with Crippen LogP contribution in [0.1, 0.15) is 25.0 Å². The second-order valence-electron chi connectivity index (χ2n) is 14.9. The van der Waals surface area contributed by atoms with Gasteiger partial charge in [0, 0.05) is 25.6 Å². The van der Waals surface area contributed by atoms with Gasteiger partial charge in [-0.05, 0) is 118 Å². The fourth-order valence-corrected chi connectivity index (χ4v) is 10.2. The summed E-state index contributed by atoms with van der Waals surface area (Å²) in [5.74, 6) is 0. The van der Waals surface area contributed by atoms with Crippen molar-refractivity contribution in [3.8, 4) is 44.5 Å². The summed E-state index contributed by atoms with van der Waals surface area (Å²) in [4.78, 5) is 0. The van der Waals surface area contributed by atoms with Gasteiger partial charge in [0.15, 0.2) is 0 Å². The minimum absolute atomic E-state index is 0.00688. The van der Waals surface area contributed by atoms with E-state index in [1.165, 1.54) is 108 Å². The van der Waals surface area contributed by atoms with Gasteiger partial charge in [0.2, 0.25) is 0 Å². The Balaban J connectivity index is 1.02. The van der Waals surface area contributed by atoms with Crippen molar-refractivity contribution in [3.63, 3.8) is 0 Å². The van der Waals surface area contributed by atoms with Crippen LogP contribution in [0.25, 0.3) is 97.0 Å². The Kier molecular flexibility index (Phi) is 6.27. The van der Waals surface area contributed by atoms with Crippen molar-refractivity contribution < 1.29 is 0 Å². The lowest BCUT2D eigenvalue weighted by Crippen LogP contribution is -2.14. The molecule has 0 nitrogen and oxygen atoms in total. The molecule has 9 aromatic carbocycles. The topological polar surface area (TPSA) is 0 Å². The molecule has 0 radical (unpaired) electrons. The normalized spacial score (nSPS) is 13.3. The highest BCUT2D eigenvalue weighted by molar-refractivity contribution is 7.26. The lowest BCUT2D eigenvalue weighted by atomic mass is 9.82. The zero-order chi connectivity index (χ0) is 34.6. The van der Waals surface area contributed by atoms with Gasteiger partial charge in [0.25, 0.3) is 0 Å². The Bertz CT molecular complexity index is 3010. The van der Waals surface area contributed by atoms with Crippen molar-refractivity contribution in [3.05, 3.63) is 181 Å². The van der Waals surface area contributed by atoms with Gasteiger partial charge < -0.3 is 0 Å². The second kappa shape index (κ2) is 11.0. The molecule has 0 atom stereocenters. The Hall–Kier alpha value is -6.02. The van der Waals surface area contributed by atoms with Crippen LogP contribution in [0.2, 0.25) is 0 Å². The third-order valence-electron chi connectivity index (χ3n) is 11.6. The number of hydrogen-bond acceptors (Lipinski definition) is 1. The molecule has 1 aromatic heterocycles. The van der Waals surface area contributed by atoms with E-state index in [0.29, 0.717) is 0 Å². The van der Waals surface area contributed by atoms with Crippen molar-refractivity contribution in [2.24, 2.45) is 0 Å². The van der Waals surface area contributed by atoms with Crippen molar-refractivity contribution in [1.29, 1.82) is 0 Å². The smallest absolute Gasteiger partial charge is 0.0361 e. The van der Waals surface area contributed by atoms with Crippen molar-refractivity contribution in [1.82, 2.24) is 0 Å². The lowest BCUT2D eigenvalue weighted by molar-refractivity contribution is 0.661. The van der Waals surface area contributed by atoms with Crippen LogP contribution in [0.4, 0.5) is 0 Å². The Morgan fingerprint density at radius 3 is 1.58 bits per heavy atom. The average molecular weight is 679 g/mol. The highest BCUT2D eigenvalue weighted by Crippen LogP contribution is 2.52. The summed E-state index contributed by atoms with van der Waals surface area (Å²) in [6, 6.07) is 63.4. The molecule has 244 valence electrons. The molecule has 0 saturated carbocycles. The number of thiophene rings is 1. The zero-order valence-corrected chi connectivity index (χ0v) is 29.9. The van der Waals surface area contributed by atoms with Gasteiger partial charge >= 0.3 is 0 Å². The second-order valence-corrected chi connectivity index (χ2v) is 15.9. The van der Waals surface area contributed by atoms with E-state index in [-0.39, 0.29) is 5.41 Å². The maximum Gasteiger partial charge on any atom is 0.0361 e. The van der Waals surface area contributed by atoms with E-state index in [0.717, 1.165) is 0 Å². The highest BCUT2D eigenvalue weighted by atomic mass is 32.1. The summed E-state index contributed by atoms with van der Waals surface area (Å²) in [6.45, 7) is 4.74. The maximum atomic E-state index is 2.48. The molecule has 1 aliphatic rings. The fourth-order valence-electron chi connectivity index (χ4n) is 9.08. The molecule has 0 bridgehead atoms. The third-order valence-corrected chi connectivity index (χ3v) is 12.7. The van der Waals surface area contributed by atoms with E-state index < -0.39 is 0 Å². The first-order chi connectivity index (χ1) is 25.5. The maximum absolute atomic E-state index is 2.48. The summed E-state index contributed by atoms with van der Waals surface area (Å²) in [6.07, 6.45) is 0. The quantitative estimate of drug-likeness (QED) is 0.163. The monoisotopic (exact) mass is 678 g/mol. The summed E-state index contributed by atoms with van der Waals surface area (Å²) in [5, 5.41) is 10.4. The molecule has 0 unspecified atom stereocenters. The van der Waals surface area contributed by atoms with Crippen LogP contribution >= 0.6 is 11.3 Å². The van der Waals surface area contributed by atoms with Crippen molar-refractivity contribution >= 4 is 63.8 Å². The van der Waals surface area contributed by atoms with Gasteiger partial charge in [-0.25, -0.2) is 0 Å². The zero-order valence-electron chi connectivity index (χ0n) is 29.1. The number of benzene rings is 9.